The van der Waals surface area contributed by atoms with E-state index in [0.717, 1.165) is 17.7 Å². The van der Waals surface area contributed by atoms with Crippen molar-refractivity contribution in [3.8, 4) is 0 Å². The number of carbonyl (C=O) groups excluding carboxylic acids is 2. The van der Waals surface area contributed by atoms with Gasteiger partial charge in [-0.15, -0.1) is 0 Å². The van der Waals surface area contributed by atoms with E-state index in [9.17, 15) is 19.2 Å². The van der Waals surface area contributed by atoms with Crippen molar-refractivity contribution in [2.75, 3.05) is 13.7 Å². The second-order valence-corrected chi connectivity index (χ2v) is 5.87. The van der Waals surface area contributed by atoms with Crippen LogP contribution in [0.4, 0.5) is 4.79 Å². The molecule has 9 heteroatoms. The minimum Gasteiger partial charge on any atom is -0.477 e. The first-order chi connectivity index (χ1) is 11.0. The molecule has 0 spiro atoms. The number of ether oxygens (including phenoxy) is 2. The van der Waals surface area contributed by atoms with Crippen LogP contribution in [-0.2, 0) is 16.0 Å². The van der Waals surface area contributed by atoms with E-state index >= 15 is 0 Å². The quantitative estimate of drug-likeness (QED) is 0.762. The Labute approximate surface area is 138 Å². The average molecular weight is 340 g/mol. The number of methoxy groups -OCH3 is 1. The van der Waals surface area contributed by atoms with Crippen LogP contribution in [0, 0.1) is 0 Å². The first-order valence-corrected chi connectivity index (χ1v) is 7.08. The first kappa shape index (κ1) is 19.2. The molecule has 1 rings (SSSR count). The maximum Gasteiger partial charge on any atom is 0.407 e. The van der Waals surface area contributed by atoms with Crippen molar-refractivity contribution in [2.24, 2.45) is 0 Å². The minimum absolute atomic E-state index is 0.0124. The molecule has 0 unspecified atom stereocenters. The highest BCUT2D eigenvalue weighted by Crippen LogP contribution is 2.06. The van der Waals surface area contributed by atoms with Gasteiger partial charge in [-0.3, -0.25) is 4.79 Å². The predicted molar refractivity (Wildman–Crippen MR) is 83.2 cm³/mol. The SMILES string of the molecule is COC(=O)c1cc(C(=O)O)c(=O)n(CCNC(=O)OC(C)(C)C)c1. The van der Waals surface area contributed by atoms with Crippen molar-refractivity contribution in [3.63, 3.8) is 0 Å². The zero-order valence-electron chi connectivity index (χ0n) is 13.9. The van der Waals surface area contributed by atoms with Gasteiger partial charge in [0, 0.05) is 19.3 Å². The molecule has 0 aliphatic carbocycles. The van der Waals surface area contributed by atoms with E-state index in [2.05, 4.69) is 10.1 Å². The molecule has 0 saturated carbocycles. The Bertz CT molecular complexity index is 701. The van der Waals surface area contributed by atoms with Gasteiger partial charge in [-0.05, 0) is 26.8 Å². The molecule has 1 amide bonds. The normalized spacial score (nSPS) is 10.8. The molecule has 1 aromatic rings. The van der Waals surface area contributed by atoms with Crippen LogP contribution < -0.4 is 10.9 Å². The highest BCUT2D eigenvalue weighted by molar-refractivity contribution is 5.93. The standard InChI is InChI=1S/C15H20N2O7/c1-15(2,3)24-14(22)16-5-6-17-8-9(13(21)23-4)7-10(11(17)18)12(19)20/h7-8H,5-6H2,1-4H3,(H,16,22)(H,19,20). The number of aromatic carboxylic acids is 1. The van der Waals surface area contributed by atoms with Crippen LogP contribution in [0.5, 0.6) is 0 Å². The number of amides is 1. The first-order valence-electron chi connectivity index (χ1n) is 7.08. The fraction of sp³-hybridized carbons (Fsp3) is 0.467. The van der Waals surface area contributed by atoms with E-state index in [0.29, 0.717) is 0 Å². The molecular formula is C15H20N2O7. The van der Waals surface area contributed by atoms with E-state index < -0.39 is 34.8 Å². The summed E-state index contributed by atoms with van der Waals surface area (Å²) in [5, 5.41) is 11.5. The lowest BCUT2D eigenvalue weighted by molar-refractivity contribution is 0.0522. The molecule has 1 heterocycles. The molecule has 0 fully saturated rings. The molecule has 132 valence electrons. The summed E-state index contributed by atoms with van der Waals surface area (Å²) in [6.45, 7) is 5.09. The van der Waals surface area contributed by atoms with Gasteiger partial charge in [-0.2, -0.15) is 0 Å². The number of rotatable bonds is 5. The van der Waals surface area contributed by atoms with Crippen LogP contribution in [0.25, 0.3) is 0 Å². The Balaban J connectivity index is 2.93. The largest absolute Gasteiger partial charge is 0.477 e. The Kier molecular flexibility index (Phi) is 6.10. The third-order valence-electron chi connectivity index (χ3n) is 2.76. The van der Waals surface area contributed by atoms with Crippen LogP contribution >= 0.6 is 0 Å². The van der Waals surface area contributed by atoms with Gasteiger partial charge in [0.25, 0.3) is 5.56 Å². The van der Waals surface area contributed by atoms with Crippen molar-refractivity contribution in [2.45, 2.75) is 32.9 Å². The van der Waals surface area contributed by atoms with Crippen molar-refractivity contribution in [1.29, 1.82) is 0 Å². The third kappa shape index (κ3) is 5.41. The van der Waals surface area contributed by atoms with E-state index in [1.807, 2.05) is 0 Å². The number of nitrogens with one attached hydrogen (secondary N) is 1. The van der Waals surface area contributed by atoms with Crippen molar-refractivity contribution in [1.82, 2.24) is 9.88 Å². The lowest BCUT2D eigenvalue weighted by atomic mass is 10.2. The van der Waals surface area contributed by atoms with E-state index in [4.69, 9.17) is 9.84 Å². The number of hydrogen-bond acceptors (Lipinski definition) is 6. The van der Waals surface area contributed by atoms with Gasteiger partial charge >= 0.3 is 18.0 Å². The molecule has 0 aliphatic rings. The lowest BCUT2D eigenvalue weighted by Crippen LogP contribution is -2.36. The maximum absolute atomic E-state index is 12.1. The number of carbonyl (C=O) groups is 3. The number of nitrogens with zero attached hydrogens (tertiary/aromatic N) is 1. The summed E-state index contributed by atoms with van der Waals surface area (Å²) in [5.41, 5.74) is -2.09. The van der Waals surface area contributed by atoms with Crippen LogP contribution in [0.1, 0.15) is 41.5 Å². The predicted octanol–water partition coefficient (Wildman–Crippen LogP) is 0.858. The number of aromatic nitrogens is 1. The molecular weight excluding hydrogens is 320 g/mol. The number of carboxylic acids is 1. The Morgan fingerprint density at radius 2 is 1.92 bits per heavy atom. The Hall–Kier alpha value is -2.84. The molecule has 0 aliphatic heterocycles. The zero-order valence-corrected chi connectivity index (χ0v) is 13.9. The fourth-order valence-corrected chi connectivity index (χ4v) is 1.78. The second-order valence-electron chi connectivity index (χ2n) is 5.87. The lowest BCUT2D eigenvalue weighted by Gasteiger charge is -2.19. The molecule has 0 bridgehead atoms. The Morgan fingerprint density at radius 3 is 2.42 bits per heavy atom. The second kappa shape index (κ2) is 7.62. The van der Waals surface area contributed by atoms with Crippen molar-refractivity contribution < 1.29 is 29.0 Å². The minimum atomic E-state index is -1.46. The average Bonchev–Trinajstić information content (AvgIpc) is 2.45. The van der Waals surface area contributed by atoms with Gasteiger partial charge in [0.15, 0.2) is 0 Å². The molecule has 0 saturated heterocycles. The smallest absolute Gasteiger partial charge is 0.407 e. The number of pyridine rings is 1. The fourth-order valence-electron chi connectivity index (χ4n) is 1.78. The summed E-state index contributed by atoms with van der Waals surface area (Å²) in [5.74, 6) is -2.23. The Morgan fingerprint density at radius 1 is 1.29 bits per heavy atom. The summed E-state index contributed by atoms with van der Waals surface area (Å²) in [6, 6.07) is 0.953. The molecule has 1 aromatic heterocycles. The number of hydrogen-bond donors (Lipinski definition) is 2. The van der Waals surface area contributed by atoms with E-state index in [1.54, 1.807) is 20.8 Å². The van der Waals surface area contributed by atoms with Gasteiger partial charge in [0.05, 0.1) is 12.7 Å². The third-order valence-corrected chi connectivity index (χ3v) is 2.76. The molecule has 24 heavy (non-hydrogen) atoms. The monoisotopic (exact) mass is 340 g/mol. The summed E-state index contributed by atoms with van der Waals surface area (Å²) >= 11 is 0. The molecule has 9 nitrogen and oxygen atoms in total. The number of alkyl carbamates (subject to hydrolysis) is 1. The van der Waals surface area contributed by atoms with Crippen LogP contribution in [0.2, 0.25) is 0 Å². The van der Waals surface area contributed by atoms with Crippen molar-refractivity contribution >= 4 is 18.0 Å². The van der Waals surface area contributed by atoms with Crippen LogP contribution in [-0.4, -0.2) is 47.0 Å². The molecule has 0 radical (unpaired) electrons. The molecule has 2 N–H and O–H groups in total. The van der Waals surface area contributed by atoms with E-state index in [1.165, 1.54) is 6.20 Å². The van der Waals surface area contributed by atoms with Gasteiger partial charge in [-0.1, -0.05) is 0 Å². The van der Waals surface area contributed by atoms with Gasteiger partial charge in [0.2, 0.25) is 0 Å². The zero-order chi connectivity index (χ0) is 18.5. The maximum atomic E-state index is 12.1. The van der Waals surface area contributed by atoms with Crippen molar-refractivity contribution in [3.05, 3.63) is 33.7 Å². The highest BCUT2D eigenvalue weighted by atomic mass is 16.6. The summed E-state index contributed by atoms with van der Waals surface area (Å²) in [7, 11) is 1.14. The van der Waals surface area contributed by atoms with Gasteiger partial charge < -0.3 is 24.5 Å². The summed E-state index contributed by atoms with van der Waals surface area (Å²) < 4.78 is 10.6. The summed E-state index contributed by atoms with van der Waals surface area (Å²) in [4.78, 5) is 46.3. The van der Waals surface area contributed by atoms with E-state index in [-0.39, 0.29) is 18.7 Å². The number of carboxylic acid groups (broad SMARTS) is 1. The highest BCUT2D eigenvalue weighted by Gasteiger charge is 2.18. The van der Waals surface area contributed by atoms with Gasteiger partial charge in [0.1, 0.15) is 11.2 Å². The molecule has 0 atom stereocenters. The van der Waals surface area contributed by atoms with Gasteiger partial charge in [-0.25, -0.2) is 14.4 Å². The molecule has 0 aromatic carbocycles. The summed E-state index contributed by atoms with van der Waals surface area (Å²) in [6.07, 6.45) is 0.510. The van der Waals surface area contributed by atoms with Crippen LogP contribution in [0.15, 0.2) is 17.1 Å². The number of esters is 1. The van der Waals surface area contributed by atoms with Crippen LogP contribution in [0.3, 0.4) is 0 Å². The topological polar surface area (TPSA) is 124 Å².